The Morgan fingerprint density at radius 1 is 1.07 bits per heavy atom. The molecule has 0 unspecified atom stereocenters. The van der Waals surface area contributed by atoms with Crippen LogP contribution < -0.4 is 14.5 Å². The molecule has 0 bridgehead atoms. The monoisotopic (exact) mass is 614 g/mol. The lowest BCUT2D eigenvalue weighted by atomic mass is 9.97. The summed E-state index contributed by atoms with van der Waals surface area (Å²) in [6, 6.07) is 13.6. The lowest BCUT2D eigenvalue weighted by molar-refractivity contribution is -0.131. The molecule has 240 valence electrons. The first kappa shape index (κ1) is 31.3. The molecule has 0 saturated carbocycles. The Hall–Kier alpha value is -3.72. The second-order valence-electron chi connectivity index (χ2n) is 13.4. The Morgan fingerprint density at radius 2 is 1.84 bits per heavy atom. The number of fused-ring (bicyclic) bond motifs is 2. The molecular formula is C36H47FN6O2. The van der Waals surface area contributed by atoms with Crippen LogP contribution >= 0.6 is 0 Å². The van der Waals surface area contributed by atoms with Gasteiger partial charge in [-0.15, -0.1) is 0 Å². The van der Waals surface area contributed by atoms with E-state index in [9.17, 15) is 9.18 Å². The van der Waals surface area contributed by atoms with Gasteiger partial charge in [-0.2, -0.15) is 9.97 Å². The Bertz CT molecular complexity index is 1570. The Labute approximate surface area is 266 Å². The highest BCUT2D eigenvalue weighted by Crippen LogP contribution is 2.36. The molecule has 3 aromatic rings. The molecule has 2 aromatic carbocycles. The fourth-order valence-corrected chi connectivity index (χ4v) is 7.90. The lowest BCUT2D eigenvalue weighted by Gasteiger charge is -2.34. The zero-order chi connectivity index (χ0) is 31.8. The first-order chi connectivity index (χ1) is 21.6. The Morgan fingerprint density at radius 3 is 2.56 bits per heavy atom. The van der Waals surface area contributed by atoms with Crippen molar-refractivity contribution < 1.29 is 13.9 Å². The summed E-state index contributed by atoms with van der Waals surface area (Å²) in [4.78, 5) is 31.7. The van der Waals surface area contributed by atoms with Gasteiger partial charge in [-0.05, 0) is 62.1 Å². The number of aromatic nitrogens is 2. The first-order valence-corrected chi connectivity index (χ1v) is 16.5. The maximum absolute atomic E-state index is 14.1. The zero-order valence-electron chi connectivity index (χ0n) is 27.4. The molecule has 1 amide bonds. The SMILES string of the molecule is C=C(F)C(=O)N1CCN(c2nc(OC[C@@H]3C[C@H](C)CN3C)nc3c2CCN(c2cccc4cccc(C)c24)C3)C[C@H](C)[C@@H]1CC. The molecule has 1 aromatic heterocycles. The van der Waals surface area contributed by atoms with Crippen LogP contribution in [0.4, 0.5) is 15.9 Å². The average Bonchev–Trinajstić information content (AvgIpc) is 3.25. The van der Waals surface area contributed by atoms with Crippen LogP contribution in [0, 0.1) is 18.8 Å². The van der Waals surface area contributed by atoms with Crippen LogP contribution in [-0.4, -0.2) is 84.1 Å². The third kappa shape index (κ3) is 6.24. The summed E-state index contributed by atoms with van der Waals surface area (Å²) >= 11 is 0. The number of aryl methyl sites for hydroxylation is 1. The largest absolute Gasteiger partial charge is 0.462 e. The average molecular weight is 615 g/mol. The van der Waals surface area contributed by atoms with Crippen molar-refractivity contribution in [3.05, 3.63) is 65.6 Å². The van der Waals surface area contributed by atoms with Crippen molar-refractivity contribution in [2.45, 2.75) is 65.6 Å². The number of likely N-dealkylation sites (tertiary alicyclic amines) is 1. The highest BCUT2D eigenvalue weighted by molar-refractivity contribution is 5.97. The van der Waals surface area contributed by atoms with Crippen LogP contribution in [-0.2, 0) is 17.8 Å². The van der Waals surface area contributed by atoms with E-state index in [1.807, 2.05) is 0 Å². The molecule has 4 heterocycles. The van der Waals surface area contributed by atoms with Gasteiger partial charge in [0.15, 0.2) is 5.83 Å². The molecule has 8 nitrogen and oxygen atoms in total. The number of amides is 1. The molecule has 4 atom stereocenters. The number of ether oxygens (including phenoxy) is 1. The minimum Gasteiger partial charge on any atom is -0.462 e. The van der Waals surface area contributed by atoms with Gasteiger partial charge in [-0.3, -0.25) is 9.69 Å². The summed E-state index contributed by atoms with van der Waals surface area (Å²) in [6.45, 7) is 16.7. The number of hydrogen-bond acceptors (Lipinski definition) is 7. The molecule has 3 aliphatic heterocycles. The summed E-state index contributed by atoms with van der Waals surface area (Å²) in [5, 5.41) is 2.51. The van der Waals surface area contributed by atoms with Gasteiger partial charge in [-0.25, -0.2) is 4.39 Å². The molecule has 45 heavy (non-hydrogen) atoms. The summed E-state index contributed by atoms with van der Waals surface area (Å²) in [6.07, 6.45) is 2.63. The van der Waals surface area contributed by atoms with E-state index in [1.165, 1.54) is 22.0 Å². The van der Waals surface area contributed by atoms with Crippen LogP contribution in [0.3, 0.4) is 0 Å². The molecule has 2 fully saturated rings. The van der Waals surface area contributed by atoms with Gasteiger partial charge in [0.2, 0.25) is 0 Å². The van der Waals surface area contributed by atoms with E-state index in [4.69, 9.17) is 14.7 Å². The van der Waals surface area contributed by atoms with E-state index in [0.717, 1.165) is 49.4 Å². The maximum atomic E-state index is 14.1. The number of likely N-dealkylation sites (N-methyl/N-ethyl adjacent to an activating group) is 1. The minimum absolute atomic E-state index is 0.0756. The van der Waals surface area contributed by atoms with Crippen molar-refractivity contribution in [2.24, 2.45) is 11.8 Å². The highest BCUT2D eigenvalue weighted by Gasteiger charge is 2.35. The van der Waals surface area contributed by atoms with E-state index in [2.05, 4.69) is 92.4 Å². The predicted molar refractivity (Wildman–Crippen MR) is 179 cm³/mol. The standard InChI is InChI=1S/C36H47FN6O2/c1-7-31-25(4)20-42(16-17-43(31)35(44)26(5)37)34-29-14-15-41(32-13-9-12-27-11-8-10-24(3)33(27)32)21-30(29)38-36(39-34)45-22-28-18-23(2)19-40(28)6/h8-13,23,25,28,31H,5,7,14-22H2,1-4,6H3/t23-,25-,28-,31-/m0/s1. The first-order valence-electron chi connectivity index (χ1n) is 16.5. The van der Waals surface area contributed by atoms with Gasteiger partial charge in [0.05, 0.1) is 12.2 Å². The molecule has 0 aliphatic carbocycles. The van der Waals surface area contributed by atoms with Crippen molar-refractivity contribution in [2.75, 3.05) is 56.2 Å². The summed E-state index contributed by atoms with van der Waals surface area (Å²) in [5.74, 6) is 0.118. The number of halogens is 1. The molecule has 2 saturated heterocycles. The number of nitrogens with zero attached hydrogens (tertiary/aromatic N) is 6. The van der Waals surface area contributed by atoms with Crippen LogP contribution in [0.15, 0.2) is 48.8 Å². The van der Waals surface area contributed by atoms with Crippen LogP contribution in [0.1, 0.15) is 50.4 Å². The Balaban J connectivity index is 1.35. The lowest BCUT2D eigenvalue weighted by Crippen LogP contribution is -2.44. The van der Waals surface area contributed by atoms with Crippen molar-refractivity contribution >= 4 is 28.2 Å². The second-order valence-corrected chi connectivity index (χ2v) is 13.4. The molecule has 0 spiro atoms. The number of carbonyl (C=O) groups excluding carboxylic acids is 1. The fraction of sp³-hybridized carbons (Fsp3) is 0.528. The van der Waals surface area contributed by atoms with E-state index in [0.29, 0.717) is 50.8 Å². The zero-order valence-corrected chi connectivity index (χ0v) is 27.4. The van der Waals surface area contributed by atoms with Crippen LogP contribution in [0.25, 0.3) is 10.8 Å². The summed E-state index contributed by atoms with van der Waals surface area (Å²) < 4.78 is 20.5. The predicted octanol–water partition coefficient (Wildman–Crippen LogP) is 5.77. The Kier molecular flexibility index (Phi) is 9.00. The fourth-order valence-electron chi connectivity index (χ4n) is 7.90. The van der Waals surface area contributed by atoms with Gasteiger partial charge in [0.1, 0.15) is 12.4 Å². The van der Waals surface area contributed by atoms with E-state index in [1.54, 1.807) is 4.90 Å². The van der Waals surface area contributed by atoms with Crippen LogP contribution in [0.2, 0.25) is 0 Å². The van der Waals surface area contributed by atoms with Gasteiger partial charge < -0.3 is 19.4 Å². The van der Waals surface area contributed by atoms with E-state index in [-0.39, 0.29) is 12.0 Å². The van der Waals surface area contributed by atoms with Crippen molar-refractivity contribution in [1.82, 2.24) is 19.8 Å². The normalized spacial score (nSPS) is 24.1. The third-order valence-electron chi connectivity index (χ3n) is 10.1. The highest BCUT2D eigenvalue weighted by atomic mass is 19.1. The van der Waals surface area contributed by atoms with E-state index < -0.39 is 11.7 Å². The quantitative estimate of drug-likeness (QED) is 0.313. The van der Waals surface area contributed by atoms with Crippen LogP contribution in [0.5, 0.6) is 6.01 Å². The summed E-state index contributed by atoms with van der Waals surface area (Å²) in [5.41, 5.74) is 4.59. The molecule has 3 aliphatic rings. The number of carbonyl (C=O) groups is 1. The van der Waals surface area contributed by atoms with Crippen molar-refractivity contribution in [3.8, 4) is 6.01 Å². The molecule has 6 rings (SSSR count). The summed E-state index contributed by atoms with van der Waals surface area (Å²) in [7, 11) is 2.16. The third-order valence-corrected chi connectivity index (χ3v) is 10.1. The van der Waals surface area contributed by atoms with Gasteiger partial charge in [-0.1, -0.05) is 57.7 Å². The number of benzene rings is 2. The molecule has 9 heteroatoms. The topological polar surface area (TPSA) is 65.0 Å². The van der Waals surface area contributed by atoms with Gasteiger partial charge >= 0.3 is 6.01 Å². The van der Waals surface area contributed by atoms with Gasteiger partial charge in [0.25, 0.3) is 5.91 Å². The number of rotatable bonds is 7. The number of hydrogen-bond donors (Lipinski definition) is 0. The van der Waals surface area contributed by atoms with E-state index >= 15 is 0 Å². The second kappa shape index (κ2) is 12.9. The minimum atomic E-state index is -0.904. The smallest absolute Gasteiger partial charge is 0.318 e. The van der Waals surface area contributed by atoms with Gasteiger partial charge in [0, 0.05) is 61.4 Å². The van der Waals surface area contributed by atoms with Crippen molar-refractivity contribution in [1.29, 1.82) is 0 Å². The maximum Gasteiger partial charge on any atom is 0.318 e. The molecule has 0 radical (unpaired) electrons. The van der Waals surface area contributed by atoms with Crippen molar-refractivity contribution in [3.63, 3.8) is 0 Å². The molecular weight excluding hydrogens is 567 g/mol. The number of anilines is 2. The molecule has 0 N–H and O–H groups in total.